The van der Waals surface area contributed by atoms with Gasteiger partial charge < -0.3 is 29.7 Å². The summed E-state index contributed by atoms with van der Waals surface area (Å²) in [5, 5.41) is 6.85. The molecule has 5 heterocycles. The number of nitrogens with one attached hydrogen (secondary N) is 4. The Morgan fingerprint density at radius 3 is 2.30 bits per heavy atom. The Hall–Kier alpha value is -5.12. The Morgan fingerprint density at radius 1 is 0.895 bits per heavy atom. The molecule has 4 N–H and O–H groups in total. The molecule has 304 valence electrons. The zero-order valence-electron chi connectivity index (χ0n) is 35.2. The summed E-state index contributed by atoms with van der Waals surface area (Å²) in [6, 6.07) is -0.494. The van der Waals surface area contributed by atoms with Gasteiger partial charge in [0.15, 0.2) is 12.1 Å². The van der Waals surface area contributed by atoms with E-state index in [1.54, 1.807) is 0 Å². The van der Waals surface area contributed by atoms with E-state index in [1.807, 2.05) is 32.1 Å². The van der Waals surface area contributed by atoms with E-state index >= 15 is 0 Å². The number of aldehydes is 1. The largest absolute Gasteiger partial charge is 0.468 e. The van der Waals surface area contributed by atoms with Crippen LogP contribution in [0.1, 0.15) is 141 Å². The smallest absolute Gasteiger partial charge is 0.320 e. The number of hydrogen-bond acceptors (Lipinski definition) is 7. The number of allylic oxidation sites excluding steroid dienone is 2. The molecule has 1 aliphatic carbocycles. The third kappa shape index (κ3) is 8.05. The lowest BCUT2D eigenvalue weighted by molar-refractivity contribution is -0.143. The quantitative estimate of drug-likeness (QED) is 0.0686. The molecule has 0 saturated carbocycles. The standard InChI is InChI=1S/C47H60N4O6/c1-10-14-25(4)15-13-16-26(5)19-20-57-40(53)18-17-32-28(7)35-21-34-27(6)30(11-2)37(48-34)23-39-33(24-52)31(12-3)38(49-39)22-36-29(8)41-45(51-36)42(44(32)50-35)43(46(41)54)47(55)56-9/h19,21-25,32,43-44,48-51H,10-18,20H2,1-9H3/b26-19+,34-21-,36-22-,37-23-/t25-,32+,43-,44?/m1/s1. The molecule has 0 radical (unpaired) electrons. The number of carbonyl (C=O) groups excluding carboxylic acids is 4. The maximum Gasteiger partial charge on any atom is 0.320 e. The maximum absolute atomic E-state index is 14.3. The fourth-order valence-electron chi connectivity index (χ4n) is 9.34. The van der Waals surface area contributed by atoms with Crippen LogP contribution in [0.25, 0.3) is 23.8 Å². The molecule has 10 nitrogen and oxygen atoms in total. The van der Waals surface area contributed by atoms with Gasteiger partial charge >= 0.3 is 11.9 Å². The second kappa shape index (κ2) is 17.6. The summed E-state index contributed by atoms with van der Waals surface area (Å²) >= 11 is 0. The summed E-state index contributed by atoms with van der Waals surface area (Å²) in [5.41, 5.74) is 10.0. The van der Waals surface area contributed by atoms with E-state index < -0.39 is 17.9 Å². The lowest BCUT2D eigenvalue weighted by Crippen LogP contribution is -2.39. The van der Waals surface area contributed by atoms with Crippen molar-refractivity contribution in [3.8, 4) is 0 Å². The van der Waals surface area contributed by atoms with Crippen LogP contribution in [0.3, 0.4) is 0 Å². The first kappa shape index (κ1) is 41.5. The monoisotopic (exact) mass is 776 g/mol. The van der Waals surface area contributed by atoms with E-state index in [-0.39, 0.29) is 30.7 Å². The predicted molar refractivity (Wildman–Crippen MR) is 224 cm³/mol. The molecule has 10 heteroatoms. The summed E-state index contributed by atoms with van der Waals surface area (Å²) in [5.74, 6) is -1.89. The molecule has 4 atom stereocenters. The molecular formula is C47H60N4O6. The molecule has 2 aliphatic heterocycles. The van der Waals surface area contributed by atoms with E-state index in [1.165, 1.54) is 31.9 Å². The summed E-state index contributed by atoms with van der Waals surface area (Å²) in [6.07, 6.45) is 16.7. The molecule has 57 heavy (non-hydrogen) atoms. The van der Waals surface area contributed by atoms with Crippen LogP contribution in [-0.2, 0) is 31.9 Å². The van der Waals surface area contributed by atoms with Crippen LogP contribution in [0.5, 0.6) is 0 Å². The fourth-order valence-corrected chi connectivity index (χ4v) is 9.34. The second-order valence-electron chi connectivity index (χ2n) is 16.2. The Labute approximate surface area is 335 Å². The molecule has 0 spiro atoms. The van der Waals surface area contributed by atoms with Gasteiger partial charge in [0.2, 0.25) is 0 Å². The van der Waals surface area contributed by atoms with Crippen LogP contribution < -0.4 is 26.7 Å². The summed E-state index contributed by atoms with van der Waals surface area (Å²) in [4.78, 5) is 64.4. The Balaban J connectivity index is 1.44. The van der Waals surface area contributed by atoms with E-state index in [2.05, 4.69) is 67.9 Å². The highest BCUT2D eigenvalue weighted by atomic mass is 16.5. The second-order valence-corrected chi connectivity index (χ2v) is 16.2. The van der Waals surface area contributed by atoms with Crippen molar-refractivity contribution in [3.63, 3.8) is 0 Å². The zero-order chi connectivity index (χ0) is 41.1. The number of hydrogen-bond donors (Lipinski definition) is 4. The molecule has 0 fully saturated rings. The number of ketones is 1. The number of Topliss-reactive ketones (excluding diaryl/α,β-unsaturated/α-hetero) is 1. The first-order chi connectivity index (χ1) is 27.4. The first-order valence-corrected chi connectivity index (χ1v) is 20.8. The van der Waals surface area contributed by atoms with Crippen molar-refractivity contribution in [1.82, 2.24) is 20.3 Å². The van der Waals surface area contributed by atoms with Crippen LogP contribution in [0.15, 0.2) is 22.9 Å². The van der Waals surface area contributed by atoms with E-state index in [9.17, 15) is 19.2 Å². The maximum atomic E-state index is 14.3. The third-order valence-electron chi connectivity index (χ3n) is 12.6. The first-order valence-electron chi connectivity index (χ1n) is 20.8. The Kier molecular flexibility index (Phi) is 12.8. The molecule has 0 amide bonds. The number of carbonyl (C=O) groups is 4. The molecule has 0 aromatic carbocycles. The number of ether oxygens (including phenoxy) is 2. The topological polar surface area (TPSA) is 146 Å². The minimum atomic E-state index is -1.15. The molecule has 1 unspecified atom stereocenters. The SMILES string of the molecule is CCC[C@@H](C)CCC/C(C)=C/COC(=O)CC[C@H]1C(C)=C2/C=c3\[nH]/c(c(CC)c3C)=C\c3[nH]c(c(CC)c3C=O)/C=c3\[nH]c4c(c3C)C(=O)[C@H](C(=O)OC)C=4C1N2. The van der Waals surface area contributed by atoms with Gasteiger partial charge in [-0.05, 0) is 123 Å². The van der Waals surface area contributed by atoms with Crippen molar-refractivity contribution in [2.45, 2.75) is 119 Å². The fraction of sp³-hybridized carbons (Fsp3) is 0.489. The van der Waals surface area contributed by atoms with Gasteiger partial charge in [0.25, 0.3) is 0 Å². The van der Waals surface area contributed by atoms with Crippen molar-refractivity contribution in [1.29, 1.82) is 0 Å². The average molecular weight is 777 g/mol. The number of H-pyrrole nitrogens is 3. The van der Waals surface area contributed by atoms with Gasteiger partial charge in [-0.15, -0.1) is 0 Å². The molecule has 3 aromatic heterocycles. The van der Waals surface area contributed by atoms with E-state index in [0.29, 0.717) is 51.5 Å². The van der Waals surface area contributed by atoms with Crippen molar-refractivity contribution in [2.24, 2.45) is 17.8 Å². The number of methoxy groups -OCH3 is 1. The van der Waals surface area contributed by atoms with Crippen LogP contribution in [0, 0.1) is 31.6 Å². The third-order valence-corrected chi connectivity index (χ3v) is 12.6. The van der Waals surface area contributed by atoms with Gasteiger partial charge in [-0.3, -0.25) is 19.2 Å². The van der Waals surface area contributed by atoms with Crippen LogP contribution in [-0.4, -0.2) is 58.7 Å². The molecule has 8 bridgehead atoms. The highest BCUT2D eigenvalue weighted by Gasteiger charge is 2.47. The van der Waals surface area contributed by atoms with Gasteiger partial charge in [-0.1, -0.05) is 52.5 Å². The van der Waals surface area contributed by atoms with Gasteiger partial charge in [0.05, 0.1) is 24.2 Å². The molecule has 3 aromatic rings. The average Bonchev–Trinajstić information content (AvgIpc) is 3.94. The Morgan fingerprint density at radius 2 is 1.61 bits per heavy atom. The lowest BCUT2D eigenvalue weighted by Gasteiger charge is -2.26. The van der Waals surface area contributed by atoms with Crippen LogP contribution in [0.4, 0.5) is 0 Å². The number of fused-ring (bicyclic) bond motifs is 8. The molecule has 6 rings (SSSR count). The number of aromatic amines is 3. The van der Waals surface area contributed by atoms with Crippen molar-refractivity contribution in [2.75, 3.05) is 13.7 Å². The van der Waals surface area contributed by atoms with Gasteiger partial charge in [-0.2, -0.15) is 0 Å². The van der Waals surface area contributed by atoms with Crippen molar-refractivity contribution >= 4 is 47.8 Å². The van der Waals surface area contributed by atoms with Crippen LogP contribution in [0.2, 0.25) is 0 Å². The van der Waals surface area contributed by atoms with E-state index in [0.717, 1.165) is 75.8 Å². The zero-order valence-corrected chi connectivity index (χ0v) is 35.2. The van der Waals surface area contributed by atoms with E-state index in [4.69, 9.17) is 9.47 Å². The Bertz CT molecular complexity index is 2400. The molecule has 0 saturated heterocycles. The van der Waals surface area contributed by atoms with Gasteiger partial charge in [0.1, 0.15) is 12.5 Å². The summed E-state index contributed by atoms with van der Waals surface area (Å²) < 4.78 is 11.0. The highest BCUT2D eigenvalue weighted by molar-refractivity contribution is 6.19. The summed E-state index contributed by atoms with van der Waals surface area (Å²) in [6.45, 7) is 17.0. The predicted octanol–water partition coefficient (Wildman–Crippen LogP) is 5.55. The van der Waals surface area contributed by atoms with Crippen molar-refractivity contribution in [3.05, 3.63) is 89.1 Å². The van der Waals surface area contributed by atoms with Crippen molar-refractivity contribution < 1.29 is 28.7 Å². The normalized spacial score (nSPS) is 21.0. The number of aromatic nitrogens is 3. The van der Waals surface area contributed by atoms with Crippen LogP contribution >= 0.6 is 0 Å². The minimum absolute atomic E-state index is 0.170. The highest BCUT2D eigenvalue weighted by Crippen LogP contribution is 2.39. The van der Waals surface area contributed by atoms with Gasteiger partial charge in [0, 0.05) is 50.9 Å². The number of esters is 2. The molecule has 3 aliphatic rings. The lowest BCUT2D eigenvalue weighted by atomic mass is 9.82. The minimum Gasteiger partial charge on any atom is -0.468 e. The summed E-state index contributed by atoms with van der Waals surface area (Å²) in [7, 11) is 1.31. The number of rotatable bonds is 15. The van der Waals surface area contributed by atoms with Gasteiger partial charge in [-0.25, -0.2) is 0 Å². The molecular weight excluding hydrogens is 717 g/mol.